The average molecular weight is 345 g/mol. The van der Waals surface area contributed by atoms with Crippen molar-refractivity contribution in [3.63, 3.8) is 0 Å². The maximum absolute atomic E-state index is 11.9. The number of fused-ring (bicyclic) bond motifs is 3. The lowest BCUT2D eigenvalue weighted by Gasteiger charge is -1.99. The maximum Gasteiger partial charge on any atom is 0.162 e. The van der Waals surface area contributed by atoms with E-state index in [4.69, 9.17) is 0 Å². The number of Topliss-reactive ketones (excluding diaryl/α,β-unsaturated/α-hetero) is 1. The summed E-state index contributed by atoms with van der Waals surface area (Å²) in [6.07, 6.45) is 0.507. The molecule has 0 aromatic heterocycles. The lowest BCUT2D eigenvalue weighted by Crippen LogP contribution is -1.94. The van der Waals surface area contributed by atoms with E-state index in [9.17, 15) is 4.79 Å². The van der Waals surface area contributed by atoms with E-state index < -0.39 is 0 Å². The molecule has 0 saturated heterocycles. The smallest absolute Gasteiger partial charge is 0.162 e. The van der Waals surface area contributed by atoms with Gasteiger partial charge < -0.3 is 5.32 Å². The van der Waals surface area contributed by atoms with Gasteiger partial charge in [0.2, 0.25) is 0 Å². The van der Waals surface area contributed by atoms with E-state index in [2.05, 4.69) is 16.4 Å². The van der Waals surface area contributed by atoms with Crippen LogP contribution in [-0.4, -0.2) is 17.8 Å². The highest BCUT2D eigenvalue weighted by molar-refractivity contribution is 8.93. The van der Waals surface area contributed by atoms with Gasteiger partial charge in [-0.05, 0) is 12.1 Å². The van der Waals surface area contributed by atoms with Crippen LogP contribution in [0, 0.1) is 0 Å². The Morgan fingerprint density at radius 2 is 1.95 bits per heavy atom. The number of halogens is 1. The summed E-state index contributed by atoms with van der Waals surface area (Å²) >= 11 is 0. The Morgan fingerprint density at radius 1 is 1.19 bits per heavy atom. The standard InChI is InChI=1S/C17H16N2O.BrH/c1-3-16(20)11-6-4-7-12-13-8-5-9-14(18-2)17(13)19-15(12)10-11;/h4-10,18H,3H2,1-2H3;1H. The van der Waals surface area contributed by atoms with E-state index in [1.165, 1.54) is 0 Å². The van der Waals surface area contributed by atoms with Crippen LogP contribution in [-0.2, 0) is 0 Å². The largest absolute Gasteiger partial charge is 0.386 e. The van der Waals surface area contributed by atoms with Gasteiger partial charge in [-0.25, -0.2) is 4.98 Å². The summed E-state index contributed by atoms with van der Waals surface area (Å²) < 4.78 is 0. The zero-order valence-corrected chi connectivity index (χ0v) is 13.7. The molecular formula is C17H17BrN2O. The summed E-state index contributed by atoms with van der Waals surface area (Å²) in [6, 6.07) is 13.8. The second kappa shape index (κ2) is 6.22. The topological polar surface area (TPSA) is 42.0 Å². The zero-order chi connectivity index (χ0) is 14.1. The molecule has 1 aromatic rings. The molecule has 0 bridgehead atoms. The van der Waals surface area contributed by atoms with Crippen molar-refractivity contribution in [2.24, 2.45) is 0 Å². The fourth-order valence-corrected chi connectivity index (χ4v) is 2.51. The molecule has 3 nitrogen and oxygen atoms in total. The first-order valence-electron chi connectivity index (χ1n) is 6.78. The number of anilines is 1. The molecule has 0 spiro atoms. The Hall–Kier alpha value is -1.94. The minimum Gasteiger partial charge on any atom is -0.386 e. The summed E-state index contributed by atoms with van der Waals surface area (Å²) in [5, 5.41) is 4.27. The van der Waals surface area contributed by atoms with Crippen molar-refractivity contribution in [2.75, 3.05) is 12.4 Å². The second-order valence-electron chi connectivity index (χ2n) is 4.76. The number of para-hydroxylation sites is 1. The molecule has 3 rings (SSSR count). The number of nitrogens with one attached hydrogen (secondary N) is 1. The first-order valence-corrected chi connectivity index (χ1v) is 6.78. The number of hydrogen-bond donors (Lipinski definition) is 1. The summed E-state index contributed by atoms with van der Waals surface area (Å²) in [5.41, 5.74) is 4.61. The fraction of sp³-hybridized carbons (Fsp3) is 0.176. The first kappa shape index (κ1) is 15.4. The van der Waals surface area contributed by atoms with E-state index >= 15 is 0 Å². The molecule has 0 unspecified atom stereocenters. The number of benzene rings is 1. The van der Waals surface area contributed by atoms with Crippen molar-refractivity contribution in [1.82, 2.24) is 4.98 Å². The van der Waals surface area contributed by atoms with Crippen LogP contribution in [0.5, 0.6) is 0 Å². The predicted octanol–water partition coefficient (Wildman–Crippen LogP) is 4.55. The van der Waals surface area contributed by atoms with E-state index in [0.29, 0.717) is 6.42 Å². The molecule has 108 valence electrons. The van der Waals surface area contributed by atoms with Crippen LogP contribution in [0.4, 0.5) is 5.69 Å². The van der Waals surface area contributed by atoms with Crippen LogP contribution in [0.15, 0.2) is 42.5 Å². The molecule has 21 heavy (non-hydrogen) atoms. The molecule has 0 fully saturated rings. The van der Waals surface area contributed by atoms with Crippen molar-refractivity contribution in [3.8, 4) is 11.3 Å². The molecule has 0 amide bonds. The van der Waals surface area contributed by atoms with E-state index in [-0.39, 0.29) is 22.8 Å². The molecule has 0 saturated carbocycles. The van der Waals surface area contributed by atoms with Gasteiger partial charge in [0, 0.05) is 30.0 Å². The molecule has 1 heterocycles. The lowest BCUT2D eigenvalue weighted by atomic mass is 10.1. The number of nitrogens with zero attached hydrogens (tertiary/aromatic N) is 1. The highest BCUT2D eigenvalue weighted by atomic mass is 79.9. The van der Waals surface area contributed by atoms with Crippen LogP contribution in [0.2, 0.25) is 0 Å². The molecular weight excluding hydrogens is 328 g/mol. The second-order valence-corrected chi connectivity index (χ2v) is 4.76. The van der Waals surface area contributed by atoms with Crippen LogP contribution in [0.3, 0.4) is 0 Å². The van der Waals surface area contributed by atoms with E-state index in [0.717, 1.165) is 33.4 Å². The van der Waals surface area contributed by atoms with Crippen LogP contribution >= 0.6 is 17.0 Å². The Morgan fingerprint density at radius 3 is 2.67 bits per heavy atom. The van der Waals surface area contributed by atoms with E-state index in [1.54, 1.807) is 0 Å². The highest BCUT2D eigenvalue weighted by Gasteiger charge is 2.14. The maximum atomic E-state index is 11.9. The number of carbonyl (C=O) groups is 1. The van der Waals surface area contributed by atoms with Crippen molar-refractivity contribution < 1.29 is 4.79 Å². The Kier molecular flexibility index (Phi) is 4.58. The van der Waals surface area contributed by atoms with Gasteiger partial charge in [0.05, 0.1) is 16.9 Å². The molecule has 1 aliphatic carbocycles. The van der Waals surface area contributed by atoms with Crippen molar-refractivity contribution in [1.29, 1.82) is 0 Å². The van der Waals surface area contributed by atoms with Gasteiger partial charge >= 0.3 is 0 Å². The van der Waals surface area contributed by atoms with Gasteiger partial charge in [0.15, 0.2) is 5.78 Å². The van der Waals surface area contributed by atoms with Gasteiger partial charge in [0.25, 0.3) is 0 Å². The summed E-state index contributed by atoms with van der Waals surface area (Å²) in [5.74, 6) is 0.142. The summed E-state index contributed by atoms with van der Waals surface area (Å²) in [4.78, 5) is 16.6. The minimum atomic E-state index is 0. The summed E-state index contributed by atoms with van der Waals surface area (Å²) in [6.45, 7) is 1.88. The first-order chi connectivity index (χ1) is 9.74. The third-order valence-electron chi connectivity index (χ3n) is 3.58. The highest BCUT2D eigenvalue weighted by Crippen LogP contribution is 2.34. The van der Waals surface area contributed by atoms with Gasteiger partial charge in [-0.2, -0.15) is 0 Å². The average Bonchev–Trinajstić information content (AvgIpc) is 2.69. The third-order valence-corrected chi connectivity index (χ3v) is 3.58. The molecule has 0 atom stereocenters. The predicted molar refractivity (Wildman–Crippen MR) is 92.9 cm³/mol. The zero-order valence-electron chi connectivity index (χ0n) is 12.0. The monoisotopic (exact) mass is 344 g/mol. The lowest BCUT2D eigenvalue weighted by molar-refractivity contribution is 0.0988. The van der Waals surface area contributed by atoms with E-state index in [1.807, 2.05) is 50.4 Å². The van der Waals surface area contributed by atoms with Crippen molar-refractivity contribution >= 4 is 39.4 Å². The number of ketones is 1. The Labute approximate surface area is 134 Å². The molecule has 2 aliphatic rings. The Balaban J connectivity index is 0.00000161. The fourth-order valence-electron chi connectivity index (χ4n) is 2.51. The third kappa shape index (κ3) is 2.63. The van der Waals surface area contributed by atoms with Gasteiger partial charge in [-0.1, -0.05) is 37.3 Å². The number of rotatable bonds is 3. The van der Waals surface area contributed by atoms with Gasteiger partial charge in [-0.15, -0.1) is 17.0 Å². The number of aromatic nitrogens is 1. The molecule has 1 aliphatic heterocycles. The quantitative estimate of drug-likeness (QED) is 0.708. The number of hydrogen-bond acceptors (Lipinski definition) is 3. The summed E-state index contributed by atoms with van der Waals surface area (Å²) in [7, 11) is 1.89. The van der Waals surface area contributed by atoms with Crippen molar-refractivity contribution in [2.45, 2.75) is 13.3 Å². The molecule has 4 heteroatoms. The normalized spacial score (nSPS) is 10.4. The molecule has 1 N–H and O–H groups in total. The SMILES string of the molecule is Br.CCC(=O)c1cccc2c3cccc(NC)c3nc-2c1. The van der Waals surface area contributed by atoms with Crippen molar-refractivity contribution in [3.05, 3.63) is 48.0 Å². The Bertz CT molecular complexity index is 770. The van der Waals surface area contributed by atoms with Crippen LogP contribution < -0.4 is 5.32 Å². The number of carbonyl (C=O) groups excluding carboxylic acids is 1. The molecule has 0 radical (unpaired) electrons. The van der Waals surface area contributed by atoms with Gasteiger partial charge in [0.1, 0.15) is 0 Å². The van der Waals surface area contributed by atoms with Gasteiger partial charge in [-0.3, -0.25) is 4.79 Å². The van der Waals surface area contributed by atoms with Crippen LogP contribution in [0.25, 0.3) is 22.2 Å². The minimum absolute atomic E-state index is 0. The van der Waals surface area contributed by atoms with Crippen LogP contribution in [0.1, 0.15) is 23.7 Å². The molecule has 1 aromatic carbocycles.